The number of carbonyl (C=O) groups is 1. The molecule has 0 aromatic heterocycles. The number of nitrogens with two attached hydrogens (primary N) is 1. The Kier molecular flexibility index (Phi) is 13.8. The quantitative estimate of drug-likeness (QED) is 0.178. The fourth-order valence-electron chi connectivity index (χ4n) is 2.50. The molecule has 10 nitrogen and oxygen atoms in total. The molecule has 0 amide bonds. The third-order valence-electron chi connectivity index (χ3n) is 4.64. The number of benzene rings is 1. The molecular weight excluding hydrogens is 523 g/mol. The number of halogens is 2. The predicted molar refractivity (Wildman–Crippen MR) is 140 cm³/mol. The molecule has 0 radical (unpaired) electrons. The first kappa shape index (κ1) is 32.6. The lowest BCUT2D eigenvalue weighted by Gasteiger charge is -2.28. The highest BCUT2D eigenvalue weighted by Gasteiger charge is 2.37. The van der Waals surface area contributed by atoms with E-state index < -0.39 is 5.82 Å². The minimum atomic E-state index is -0.440. The van der Waals surface area contributed by atoms with Gasteiger partial charge in [-0.3, -0.25) is 30.8 Å². The zero-order valence-electron chi connectivity index (χ0n) is 21.6. The minimum Gasteiger partial charge on any atom is -0.462 e. The van der Waals surface area contributed by atoms with Gasteiger partial charge in [0.1, 0.15) is 28.7 Å². The van der Waals surface area contributed by atoms with E-state index in [0.717, 1.165) is 0 Å². The predicted octanol–water partition coefficient (Wildman–Crippen LogP) is 4.02. The van der Waals surface area contributed by atoms with Crippen LogP contribution in [0.15, 0.2) is 32.7 Å². The summed E-state index contributed by atoms with van der Waals surface area (Å²) < 4.78 is 23.7. The average Bonchev–Trinajstić information content (AvgIpc) is 3.05. The topological polar surface area (TPSA) is 146 Å². The van der Waals surface area contributed by atoms with Crippen LogP contribution in [0.2, 0.25) is 0 Å². The van der Waals surface area contributed by atoms with Gasteiger partial charge in [0.25, 0.3) is 6.47 Å². The Hall–Kier alpha value is -2.41. The lowest BCUT2D eigenvalue weighted by Crippen LogP contribution is -2.42. The summed E-state index contributed by atoms with van der Waals surface area (Å²) >= 11 is 3.06. The molecule has 1 unspecified atom stereocenters. The van der Waals surface area contributed by atoms with E-state index in [1.54, 1.807) is 0 Å². The molecular formula is C23H38BrFN6O4. The molecule has 12 heteroatoms. The number of nitrogens with zero attached hydrogens (tertiary/aromatic N) is 3. The third kappa shape index (κ3) is 11.2. The van der Waals surface area contributed by atoms with Crippen LogP contribution < -0.4 is 11.2 Å². The van der Waals surface area contributed by atoms with E-state index in [1.807, 2.05) is 65.9 Å². The number of rotatable bonds is 6. The van der Waals surface area contributed by atoms with Crippen LogP contribution in [0.25, 0.3) is 0 Å². The largest absolute Gasteiger partial charge is 0.462 e. The van der Waals surface area contributed by atoms with Gasteiger partial charge in [0, 0.05) is 0 Å². The maximum absolute atomic E-state index is 13.3. The number of aliphatic imine (C=N–C) groups is 2. The van der Waals surface area contributed by atoms with Crippen molar-refractivity contribution in [1.82, 2.24) is 10.4 Å². The van der Waals surface area contributed by atoms with Crippen molar-refractivity contribution in [2.75, 3.05) is 20.2 Å². The first-order valence-corrected chi connectivity index (χ1v) is 11.8. The van der Waals surface area contributed by atoms with Crippen molar-refractivity contribution in [3.8, 4) is 0 Å². The Bertz CT molecular complexity index is 902. The van der Waals surface area contributed by atoms with Gasteiger partial charge >= 0.3 is 0 Å². The number of ether oxygens (including phenoxy) is 2. The summed E-state index contributed by atoms with van der Waals surface area (Å²) in [5, 5.41) is 17.3. The second-order valence-corrected chi connectivity index (χ2v) is 9.47. The van der Waals surface area contributed by atoms with Crippen LogP contribution in [0.3, 0.4) is 0 Å². The van der Waals surface area contributed by atoms with Crippen LogP contribution in [0.4, 0.5) is 10.1 Å². The van der Waals surface area contributed by atoms with Gasteiger partial charge in [0.05, 0.1) is 29.4 Å². The van der Waals surface area contributed by atoms with Crippen LogP contribution in [-0.4, -0.2) is 71.5 Å². The molecule has 1 heterocycles. The molecule has 1 saturated heterocycles. The number of amidine groups is 2. The number of likely N-dealkylation sites (N-methyl/N-ethyl adjacent to an activating group) is 1. The fraction of sp³-hybridized carbons (Fsp3) is 0.565. The summed E-state index contributed by atoms with van der Waals surface area (Å²) in [5.41, 5.74) is 7.06. The van der Waals surface area contributed by atoms with Crippen LogP contribution in [-0.2, 0) is 14.3 Å². The van der Waals surface area contributed by atoms with E-state index in [2.05, 4.69) is 30.7 Å². The SMILES string of the molecule is CC.CC(C)(C)OC=O.CN1C(CN=C(N)C(=N)C(=Nc2ccc(F)c(Br)c2)NO)COC1(C)C. The van der Waals surface area contributed by atoms with E-state index in [4.69, 9.17) is 15.9 Å². The van der Waals surface area contributed by atoms with Crippen molar-refractivity contribution >= 4 is 45.5 Å². The molecule has 1 atom stereocenters. The Morgan fingerprint density at radius 3 is 2.46 bits per heavy atom. The van der Waals surface area contributed by atoms with Gasteiger partial charge < -0.3 is 15.2 Å². The molecule has 1 fully saturated rings. The molecule has 2 rings (SSSR count). The van der Waals surface area contributed by atoms with Crippen LogP contribution in [0.5, 0.6) is 0 Å². The Labute approximate surface area is 215 Å². The van der Waals surface area contributed by atoms with Crippen LogP contribution in [0, 0.1) is 11.2 Å². The van der Waals surface area contributed by atoms with E-state index >= 15 is 0 Å². The van der Waals surface area contributed by atoms with Crippen molar-refractivity contribution < 1.29 is 23.9 Å². The lowest BCUT2D eigenvalue weighted by molar-refractivity contribution is -0.138. The molecule has 0 spiro atoms. The van der Waals surface area contributed by atoms with Gasteiger partial charge in [0.15, 0.2) is 5.84 Å². The summed E-state index contributed by atoms with van der Waals surface area (Å²) in [6.07, 6.45) is 0. The lowest BCUT2D eigenvalue weighted by atomic mass is 10.2. The Balaban J connectivity index is 0.00000110. The van der Waals surface area contributed by atoms with Gasteiger partial charge in [-0.15, -0.1) is 0 Å². The highest BCUT2D eigenvalue weighted by molar-refractivity contribution is 9.10. The second-order valence-electron chi connectivity index (χ2n) is 8.62. The Morgan fingerprint density at radius 1 is 1.46 bits per heavy atom. The van der Waals surface area contributed by atoms with Crippen molar-refractivity contribution in [2.45, 2.75) is 65.8 Å². The number of hydrogen-bond acceptors (Lipinski definition) is 8. The normalized spacial score (nSPS) is 18.0. The molecule has 0 saturated carbocycles. The van der Waals surface area contributed by atoms with Crippen molar-refractivity contribution in [3.05, 3.63) is 28.5 Å². The van der Waals surface area contributed by atoms with E-state index in [1.165, 1.54) is 18.2 Å². The van der Waals surface area contributed by atoms with Gasteiger partial charge in [-0.25, -0.2) is 9.38 Å². The summed E-state index contributed by atoms with van der Waals surface area (Å²) in [5.74, 6) is -0.713. The summed E-state index contributed by atoms with van der Waals surface area (Å²) in [6, 6.07) is 4.08. The maximum Gasteiger partial charge on any atom is 0.293 e. The van der Waals surface area contributed by atoms with Crippen molar-refractivity contribution in [2.24, 2.45) is 15.7 Å². The first-order chi connectivity index (χ1) is 16.2. The van der Waals surface area contributed by atoms with E-state index in [0.29, 0.717) is 25.3 Å². The number of nitrogens with one attached hydrogen (secondary N) is 2. The van der Waals surface area contributed by atoms with E-state index in [-0.39, 0.29) is 39.2 Å². The zero-order chi connectivity index (χ0) is 27.4. The summed E-state index contributed by atoms with van der Waals surface area (Å²) in [4.78, 5) is 19.9. The van der Waals surface area contributed by atoms with Crippen molar-refractivity contribution in [1.29, 1.82) is 5.41 Å². The van der Waals surface area contributed by atoms with Gasteiger partial charge in [0.2, 0.25) is 0 Å². The molecule has 1 aromatic carbocycles. The van der Waals surface area contributed by atoms with Gasteiger partial charge in [-0.05, 0) is 75.8 Å². The van der Waals surface area contributed by atoms with Crippen LogP contribution >= 0.6 is 15.9 Å². The fourth-order valence-corrected chi connectivity index (χ4v) is 2.86. The monoisotopic (exact) mass is 560 g/mol. The molecule has 5 N–H and O–H groups in total. The zero-order valence-corrected chi connectivity index (χ0v) is 23.2. The third-order valence-corrected chi connectivity index (χ3v) is 5.25. The van der Waals surface area contributed by atoms with Crippen molar-refractivity contribution in [3.63, 3.8) is 0 Å². The number of hydroxylamine groups is 1. The van der Waals surface area contributed by atoms with Gasteiger partial charge in [-0.2, -0.15) is 0 Å². The molecule has 0 bridgehead atoms. The standard InChI is InChI=1S/C16H22BrFN6O2.C5H10O2.C2H6/c1-16(2)24(3)10(8-26-16)7-21-14(20)13(19)15(23-25)22-9-4-5-12(18)11(17)6-9;1-5(2,3)7-4-6;1-2/h4-6,10,19,25H,7-8H2,1-3H3,(H2,20,21)(H,22,23);4H,1-3H3;1-2H3. The summed E-state index contributed by atoms with van der Waals surface area (Å²) in [7, 11) is 1.93. The maximum atomic E-state index is 13.3. The molecule has 1 aliphatic heterocycles. The second kappa shape index (κ2) is 14.9. The molecule has 1 aromatic rings. The number of hydrogen-bond donors (Lipinski definition) is 4. The van der Waals surface area contributed by atoms with Crippen LogP contribution in [0.1, 0.15) is 48.5 Å². The average molecular weight is 561 g/mol. The molecule has 198 valence electrons. The Morgan fingerprint density at radius 2 is 2.06 bits per heavy atom. The molecule has 1 aliphatic rings. The first-order valence-electron chi connectivity index (χ1n) is 11.0. The minimum absolute atomic E-state index is 0.0341. The molecule has 0 aliphatic carbocycles. The summed E-state index contributed by atoms with van der Waals surface area (Å²) in [6.45, 7) is 14.7. The van der Waals surface area contributed by atoms with E-state index in [9.17, 15) is 14.4 Å². The highest BCUT2D eigenvalue weighted by Crippen LogP contribution is 2.25. The number of carbonyl (C=O) groups excluding carboxylic acids is 1. The smallest absolute Gasteiger partial charge is 0.293 e. The van der Waals surface area contributed by atoms with Gasteiger partial charge in [-0.1, -0.05) is 13.8 Å². The molecule has 35 heavy (non-hydrogen) atoms. The highest BCUT2D eigenvalue weighted by atomic mass is 79.9.